The molecule has 5 saturated carbocycles. The van der Waals surface area contributed by atoms with Crippen molar-refractivity contribution in [3.8, 4) is 0 Å². The van der Waals surface area contributed by atoms with E-state index in [0.29, 0.717) is 35.7 Å². The lowest BCUT2D eigenvalue weighted by atomic mass is 9.31. The molecule has 5 aliphatic carbocycles. The Bertz CT molecular complexity index is 1650. The minimum atomic E-state index is -1.83. The van der Waals surface area contributed by atoms with Gasteiger partial charge in [-0.05, 0) is 120 Å². The first kappa shape index (κ1) is 47.4. The van der Waals surface area contributed by atoms with Crippen molar-refractivity contribution in [1.82, 2.24) is 0 Å². The highest BCUT2D eigenvalue weighted by atomic mass is 16.8. The van der Waals surface area contributed by atoms with Crippen LogP contribution in [0.15, 0.2) is 0 Å². The van der Waals surface area contributed by atoms with E-state index < -0.39 is 117 Å². The second-order valence-corrected chi connectivity index (χ2v) is 23.6. The van der Waals surface area contributed by atoms with Crippen LogP contribution in [0.5, 0.6) is 0 Å². The zero-order valence-electron chi connectivity index (χ0n) is 38.3. The van der Waals surface area contributed by atoms with Gasteiger partial charge in [0.25, 0.3) is 0 Å². The van der Waals surface area contributed by atoms with E-state index >= 15 is 0 Å². The molecule has 4 aliphatic heterocycles. The molecule has 9 rings (SSSR count). The molecule has 362 valence electrons. The van der Waals surface area contributed by atoms with Crippen LogP contribution in [-0.4, -0.2) is 171 Å². The smallest absolute Gasteiger partial charge is 0.187 e. The second kappa shape index (κ2) is 16.5. The van der Waals surface area contributed by atoms with Crippen LogP contribution in [0.2, 0.25) is 0 Å². The molecule has 16 heteroatoms. The summed E-state index contributed by atoms with van der Waals surface area (Å²) in [6, 6.07) is 0. The Morgan fingerprint density at radius 3 is 1.90 bits per heavy atom. The number of fused-ring (bicyclic) bond motifs is 5. The highest BCUT2D eigenvalue weighted by Gasteiger charge is 2.73. The van der Waals surface area contributed by atoms with Crippen LogP contribution >= 0.6 is 0 Å². The number of hydrogen-bond donors (Lipinski definition) is 9. The molecule has 0 aromatic carbocycles. The molecule has 4 heterocycles. The van der Waals surface area contributed by atoms with Gasteiger partial charge in [0.05, 0.1) is 38.6 Å². The molecule has 16 nitrogen and oxygen atoms in total. The van der Waals surface area contributed by atoms with Crippen molar-refractivity contribution >= 4 is 0 Å². The molecular weight excluding hydrogens is 821 g/mol. The lowest BCUT2D eigenvalue weighted by Gasteiger charge is -2.73. The van der Waals surface area contributed by atoms with E-state index in [9.17, 15) is 46.0 Å². The van der Waals surface area contributed by atoms with E-state index in [2.05, 4.69) is 48.5 Å². The van der Waals surface area contributed by atoms with Gasteiger partial charge < -0.3 is 79.1 Å². The molecule has 0 aromatic rings. The predicted molar refractivity (Wildman–Crippen MR) is 222 cm³/mol. The monoisotopic (exact) mass is 899 g/mol. The number of aliphatic hydroxyl groups excluding tert-OH is 9. The van der Waals surface area contributed by atoms with Crippen LogP contribution < -0.4 is 0 Å². The predicted octanol–water partition coefficient (Wildman–Crippen LogP) is 1.35. The second-order valence-electron chi connectivity index (χ2n) is 23.6. The van der Waals surface area contributed by atoms with Crippen molar-refractivity contribution in [3.05, 3.63) is 0 Å². The van der Waals surface area contributed by atoms with E-state index in [1.54, 1.807) is 0 Å². The summed E-state index contributed by atoms with van der Waals surface area (Å²) in [7, 11) is 0. The van der Waals surface area contributed by atoms with Crippen LogP contribution in [0.4, 0.5) is 0 Å². The van der Waals surface area contributed by atoms with Crippen molar-refractivity contribution < 1.29 is 79.1 Å². The molecule has 0 amide bonds. The number of ether oxygens (including phenoxy) is 7. The number of rotatable bonds is 8. The lowest BCUT2D eigenvalue weighted by molar-refractivity contribution is -0.396. The molecule has 0 spiro atoms. The standard InChI is InChI=1S/C47H78O16/c1-42(2)14-16-47-17-15-45(6)22(29(47)38(42)58-21-47)8-9-27-44(5)12-11-28(43(3,4)26(44)10-13-46(27,45)7)61-41-37(63-40-35(56)33(54)31(52)24(18-48)59-40)36(32(53)25(19-49)60-41)62-39-34(55)30(51)23(50)20-57-39/h22-41,48-56H,8-21H2,1-7H3/t22-,23-,24-,25-,26+,27-,28+,29-,30+,31+,32-,33+,34-,35-,36+,37-,38-,39+,40+,41+,44+,45-,46-,47-/m1/s1. The van der Waals surface area contributed by atoms with E-state index in [1.165, 1.54) is 38.5 Å². The molecule has 9 aliphatic rings. The van der Waals surface area contributed by atoms with E-state index in [1.807, 2.05) is 0 Å². The number of hydrogen-bond acceptors (Lipinski definition) is 16. The molecule has 2 bridgehead atoms. The molecule has 0 unspecified atom stereocenters. The molecule has 9 fully saturated rings. The average Bonchev–Trinajstić information content (AvgIpc) is 3.58. The highest BCUT2D eigenvalue weighted by Crippen LogP contribution is 2.78. The third-order valence-corrected chi connectivity index (χ3v) is 20.1. The lowest BCUT2D eigenvalue weighted by Crippen LogP contribution is -2.69. The average molecular weight is 899 g/mol. The summed E-state index contributed by atoms with van der Waals surface area (Å²) in [6.45, 7) is 16.3. The topological polar surface area (TPSA) is 247 Å². The molecule has 24 atom stereocenters. The maximum absolute atomic E-state index is 11.7. The SMILES string of the molecule is CC1(C)CC[C@]23CC[C@]4(C)[C@H](CC[C@@H]5[C@@]6(C)CC[C@H](O[C@@H]7O[C@H](CO)[C@@H](O)[C@H](O[C@@H]8OC[C@@H](O)[C@H](O)[C@H]8O)[C@H]7O[C@@H]7O[C@H](CO)[C@H](O)[C@H](O)[C@H]7O)C(C)(C)[C@@H]6CC[C@]54C)[C@@H]2[C@H]1OC3. The molecule has 0 aromatic heterocycles. The molecule has 9 N–H and O–H groups in total. The number of aliphatic hydroxyl groups is 9. The molecule has 0 radical (unpaired) electrons. The Balaban J connectivity index is 0.989. The van der Waals surface area contributed by atoms with Crippen molar-refractivity contribution in [2.45, 2.75) is 211 Å². The summed E-state index contributed by atoms with van der Waals surface area (Å²) >= 11 is 0. The van der Waals surface area contributed by atoms with Crippen molar-refractivity contribution in [2.75, 3.05) is 26.4 Å². The van der Waals surface area contributed by atoms with Gasteiger partial charge in [0.2, 0.25) is 0 Å². The first-order valence-electron chi connectivity index (χ1n) is 24.1. The fourth-order valence-electron chi connectivity index (χ4n) is 16.2. The van der Waals surface area contributed by atoms with Crippen molar-refractivity contribution in [1.29, 1.82) is 0 Å². The van der Waals surface area contributed by atoms with Crippen molar-refractivity contribution in [2.24, 2.45) is 56.2 Å². The van der Waals surface area contributed by atoms with Gasteiger partial charge in [0, 0.05) is 0 Å². The summed E-state index contributed by atoms with van der Waals surface area (Å²) in [5, 5.41) is 96.0. The maximum atomic E-state index is 11.7. The summed E-state index contributed by atoms with van der Waals surface area (Å²) < 4.78 is 43.9. The van der Waals surface area contributed by atoms with Gasteiger partial charge in [0.15, 0.2) is 18.9 Å². The summed E-state index contributed by atoms with van der Waals surface area (Å²) in [4.78, 5) is 0. The van der Waals surface area contributed by atoms with Gasteiger partial charge in [-0.2, -0.15) is 0 Å². The summed E-state index contributed by atoms with van der Waals surface area (Å²) in [5.41, 5.74) is 0.444. The first-order valence-corrected chi connectivity index (χ1v) is 24.1. The van der Waals surface area contributed by atoms with Gasteiger partial charge in [-0.25, -0.2) is 0 Å². The Kier molecular flexibility index (Phi) is 12.4. The van der Waals surface area contributed by atoms with E-state index in [0.717, 1.165) is 25.9 Å². The summed E-state index contributed by atoms with van der Waals surface area (Å²) in [6.07, 6.45) is -11.0. The quantitative estimate of drug-likeness (QED) is 0.156. The third kappa shape index (κ3) is 7.11. The molecule has 4 saturated heterocycles. The van der Waals surface area contributed by atoms with Gasteiger partial charge in [0.1, 0.15) is 67.1 Å². The zero-order chi connectivity index (χ0) is 45.4. The Morgan fingerprint density at radius 1 is 0.540 bits per heavy atom. The highest BCUT2D eigenvalue weighted by molar-refractivity contribution is 5.21. The van der Waals surface area contributed by atoms with Gasteiger partial charge >= 0.3 is 0 Å². The third-order valence-electron chi connectivity index (χ3n) is 20.1. The largest absolute Gasteiger partial charge is 0.394 e. The normalized spacial score (nSPS) is 57.3. The van der Waals surface area contributed by atoms with Crippen LogP contribution in [0.3, 0.4) is 0 Å². The van der Waals surface area contributed by atoms with Crippen LogP contribution in [0, 0.1) is 56.2 Å². The van der Waals surface area contributed by atoms with Crippen molar-refractivity contribution in [3.63, 3.8) is 0 Å². The Morgan fingerprint density at radius 2 is 1.19 bits per heavy atom. The van der Waals surface area contributed by atoms with Crippen LogP contribution in [0.1, 0.15) is 113 Å². The van der Waals surface area contributed by atoms with Gasteiger partial charge in [-0.15, -0.1) is 0 Å². The van der Waals surface area contributed by atoms with Crippen LogP contribution in [-0.2, 0) is 33.2 Å². The molecular formula is C47H78O16. The van der Waals surface area contributed by atoms with Crippen LogP contribution in [0.25, 0.3) is 0 Å². The van der Waals surface area contributed by atoms with Gasteiger partial charge in [-0.1, -0.05) is 48.5 Å². The molecule has 63 heavy (non-hydrogen) atoms. The zero-order valence-corrected chi connectivity index (χ0v) is 38.3. The van der Waals surface area contributed by atoms with E-state index in [-0.39, 0.29) is 27.6 Å². The Hall–Kier alpha value is -0.640. The minimum Gasteiger partial charge on any atom is -0.394 e. The maximum Gasteiger partial charge on any atom is 0.187 e. The Labute approximate surface area is 371 Å². The first-order chi connectivity index (χ1) is 29.6. The van der Waals surface area contributed by atoms with Gasteiger partial charge in [-0.3, -0.25) is 0 Å². The fraction of sp³-hybridized carbons (Fsp3) is 1.00. The minimum absolute atomic E-state index is 0.00970. The fourth-order valence-corrected chi connectivity index (χ4v) is 16.2. The van der Waals surface area contributed by atoms with E-state index in [4.69, 9.17) is 33.2 Å². The summed E-state index contributed by atoms with van der Waals surface area (Å²) in [5.74, 6) is 2.01.